The molecule has 0 atom stereocenters. The third-order valence-corrected chi connectivity index (χ3v) is 6.06. The summed E-state index contributed by atoms with van der Waals surface area (Å²) in [6.45, 7) is 6.91. The summed E-state index contributed by atoms with van der Waals surface area (Å²) in [4.78, 5) is 22.9. The van der Waals surface area contributed by atoms with E-state index < -0.39 is 20.1 Å². The quantitative estimate of drug-likeness (QED) is 0.372. The lowest BCUT2D eigenvalue weighted by molar-refractivity contribution is -0.157. The van der Waals surface area contributed by atoms with E-state index >= 15 is 0 Å². The Morgan fingerprint density at radius 1 is 1.43 bits per heavy atom. The van der Waals surface area contributed by atoms with Crippen LogP contribution in [0.25, 0.3) is 0 Å². The highest BCUT2D eigenvalue weighted by Gasteiger charge is 2.40. The molecule has 0 aromatic heterocycles. The SMILES string of the molecule is CCOC(=O)C(=O)N1CCC[Si]1(C)C. The topological polar surface area (TPSA) is 46.6 Å². The molecule has 0 unspecified atom stereocenters. The van der Waals surface area contributed by atoms with Crippen LogP contribution >= 0.6 is 0 Å². The smallest absolute Gasteiger partial charge is 0.396 e. The Morgan fingerprint density at radius 3 is 2.50 bits per heavy atom. The molecule has 1 fully saturated rings. The minimum Gasteiger partial charge on any atom is -0.459 e. The highest BCUT2D eigenvalue weighted by molar-refractivity contribution is 6.78. The van der Waals surface area contributed by atoms with Gasteiger partial charge in [-0.25, -0.2) is 4.79 Å². The molecular weight excluding hydrogens is 198 g/mol. The molecule has 1 heterocycles. The molecule has 0 bridgehead atoms. The Hall–Kier alpha value is -0.843. The van der Waals surface area contributed by atoms with E-state index in [2.05, 4.69) is 13.1 Å². The maximum Gasteiger partial charge on any atom is 0.396 e. The van der Waals surface area contributed by atoms with Crippen molar-refractivity contribution in [3.8, 4) is 0 Å². The molecule has 4 nitrogen and oxygen atoms in total. The summed E-state index contributed by atoms with van der Waals surface area (Å²) < 4.78 is 6.44. The fourth-order valence-corrected chi connectivity index (χ4v) is 4.48. The Kier molecular flexibility index (Phi) is 3.31. The van der Waals surface area contributed by atoms with Crippen molar-refractivity contribution in [2.24, 2.45) is 0 Å². The summed E-state index contributed by atoms with van der Waals surface area (Å²) in [5.74, 6) is -1.14. The van der Waals surface area contributed by atoms with Crippen LogP contribution in [0.3, 0.4) is 0 Å². The highest BCUT2D eigenvalue weighted by Crippen LogP contribution is 2.25. The minimum atomic E-state index is -1.64. The molecule has 0 aromatic carbocycles. The molecule has 1 rings (SSSR count). The fourth-order valence-electron chi connectivity index (χ4n) is 1.79. The number of hydrogen-bond acceptors (Lipinski definition) is 3. The first-order valence-electron chi connectivity index (χ1n) is 4.98. The van der Waals surface area contributed by atoms with Crippen LogP contribution in [0.2, 0.25) is 19.1 Å². The molecule has 14 heavy (non-hydrogen) atoms. The van der Waals surface area contributed by atoms with Crippen LogP contribution in [0.5, 0.6) is 0 Å². The average molecular weight is 215 g/mol. The van der Waals surface area contributed by atoms with Gasteiger partial charge in [0.25, 0.3) is 0 Å². The van der Waals surface area contributed by atoms with Gasteiger partial charge >= 0.3 is 11.9 Å². The zero-order chi connectivity index (χ0) is 10.8. The molecule has 80 valence electrons. The van der Waals surface area contributed by atoms with Crippen molar-refractivity contribution in [1.82, 2.24) is 4.57 Å². The summed E-state index contributed by atoms with van der Waals surface area (Å²) >= 11 is 0. The van der Waals surface area contributed by atoms with Gasteiger partial charge in [-0.05, 0) is 19.4 Å². The number of ether oxygens (including phenoxy) is 1. The molecule has 5 heteroatoms. The number of carbonyl (C=O) groups is 2. The lowest BCUT2D eigenvalue weighted by Crippen LogP contribution is -2.50. The summed E-state index contributed by atoms with van der Waals surface area (Å²) in [5, 5.41) is 0. The lowest BCUT2D eigenvalue weighted by Gasteiger charge is -2.28. The van der Waals surface area contributed by atoms with Crippen LogP contribution in [0.15, 0.2) is 0 Å². The number of amides is 1. The molecule has 0 N–H and O–H groups in total. The van der Waals surface area contributed by atoms with Gasteiger partial charge in [0.05, 0.1) is 6.61 Å². The van der Waals surface area contributed by atoms with Crippen molar-refractivity contribution >= 4 is 20.1 Å². The third kappa shape index (κ3) is 2.15. The average Bonchev–Trinajstić information content (AvgIpc) is 2.44. The maximum absolute atomic E-state index is 11.6. The first-order valence-corrected chi connectivity index (χ1v) is 8.13. The molecule has 0 saturated carbocycles. The molecule has 0 aromatic rings. The summed E-state index contributed by atoms with van der Waals surface area (Å²) in [5.41, 5.74) is 0. The molecule has 1 saturated heterocycles. The predicted octanol–water partition coefficient (Wildman–Crippen LogP) is 0.987. The molecule has 1 aliphatic heterocycles. The van der Waals surface area contributed by atoms with Gasteiger partial charge < -0.3 is 9.30 Å². The van der Waals surface area contributed by atoms with E-state index in [0.29, 0.717) is 0 Å². The van der Waals surface area contributed by atoms with Crippen LogP contribution < -0.4 is 0 Å². The zero-order valence-corrected chi connectivity index (χ0v) is 10.0. The van der Waals surface area contributed by atoms with Crippen molar-refractivity contribution in [2.75, 3.05) is 13.2 Å². The van der Waals surface area contributed by atoms with Gasteiger partial charge in [-0.3, -0.25) is 4.79 Å². The Bertz CT molecular complexity index is 252. The Morgan fingerprint density at radius 2 is 2.07 bits per heavy atom. The second kappa shape index (κ2) is 4.12. The van der Waals surface area contributed by atoms with Gasteiger partial charge in [0.2, 0.25) is 0 Å². The summed E-state index contributed by atoms with van der Waals surface area (Å²) in [6, 6.07) is 1.08. The largest absolute Gasteiger partial charge is 0.459 e. The molecule has 1 amide bonds. The number of hydrogen-bond donors (Lipinski definition) is 0. The summed E-state index contributed by atoms with van der Waals surface area (Å²) in [6.07, 6.45) is 1.02. The molecule has 1 aliphatic rings. The van der Waals surface area contributed by atoms with Crippen LogP contribution in [0.4, 0.5) is 0 Å². The van der Waals surface area contributed by atoms with Gasteiger partial charge in [0.1, 0.15) is 0 Å². The van der Waals surface area contributed by atoms with Crippen molar-refractivity contribution in [2.45, 2.75) is 32.5 Å². The number of carbonyl (C=O) groups excluding carboxylic acids is 2. The monoisotopic (exact) mass is 215 g/mol. The van der Waals surface area contributed by atoms with Crippen LogP contribution in [-0.2, 0) is 14.3 Å². The van der Waals surface area contributed by atoms with Crippen LogP contribution in [0, 0.1) is 0 Å². The van der Waals surface area contributed by atoms with Crippen molar-refractivity contribution < 1.29 is 14.3 Å². The Labute approximate surface area is 85.3 Å². The molecule has 0 spiro atoms. The van der Waals surface area contributed by atoms with Crippen LogP contribution in [0.1, 0.15) is 13.3 Å². The van der Waals surface area contributed by atoms with Crippen molar-refractivity contribution in [1.29, 1.82) is 0 Å². The number of rotatable bonds is 1. The van der Waals surface area contributed by atoms with Gasteiger partial charge in [-0.15, -0.1) is 0 Å². The van der Waals surface area contributed by atoms with E-state index in [-0.39, 0.29) is 6.61 Å². The third-order valence-electron chi connectivity index (χ3n) is 2.60. The van der Waals surface area contributed by atoms with Gasteiger partial charge in [-0.1, -0.05) is 13.1 Å². The van der Waals surface area contributed by atoms with Crippen molar-refractivity contribution in [3.63, 3.8) is 0 Å². The van der Waals surface area contributed by atoms with E-state index in [1.807, 2.05) is 0 Å². The molecule has 0 aliphatic carbocycles. The van der Waals surface area contributed by atoms with Gasteiger partial charge in [0, 0.05) is 6.54 Å². The number of esters is 1. The summed E-state index contributed by atoms with van der Waals surface area (Å²) in [7, 11) is -1.64. The lowest BCUT2D eigenvalue weighted by atomic mass is 10.4. The Balaban J connectivity index is 2.65. The first kappa shape index (κ1) is 11.2. The normalized spacial score (nSPS) is 19.5. The van der Waals surface area contributed by atoms with E-state index in [4.69, 9.17) is 4.74 Å². The second-order valence-corrected chi connectivity index (χ2v) is 8.76. The molecule has 0 radical (unpaired) electrons. The van der Waals surface area contributed by atoms with Gasteiger partial charge in [-0.2, -0.15) is 0 Å². The van der Waals surface area contributed by atoms with Gasteiger partial charge in [0.15, 0.2) is 8.24 Å². The fraction of sp³-hybridized carbons (Fsp3) is 0.778. The standard InChI is InChI=1S/C9H17NO3Si/c1-4-13-9(12)8(11)10-6-5-7-14(10,2)3/h4-7H2,1-3H3. The predicted molar refractivity (Wildman–Crippen MR) is 55.3 cm³/mol. The molecular formula is C9H17NO3Si. The minimum absolute atomic E-state index is 0.264. The highest BCUT2D eigenvalue weighted by atomic mass is 28.3. The zero-order valence-electron chi connectivity index (χ0n) is 9.00. The first-order chi connectivity index (χ1) is 6.49. The van der Waals surface area contributed by atoms with E-state index in [1.54, 1.807) is 11.5 Å². The van der Waals surface area contributed by atoms with Crippen molar-refractivity contribution in [3.05, 3.63) is 0 Å². The van der Waals surface area contributed by atoms with E-state index in [9.17, 15) is 9.59 Å². The van der Waals surface area contributed by atoms with Crippen LogP contribution in [-0.4, -0.2) is 37.8 Å². The van der Waals surface area contributed by atoms with E-state index in [1.165, 1.54) is 0 Å². The maximum atomic E-state index is 11.6. The number of nitrogens with zero attached hydrogens (tertiary/aromatic N) is 1. The second-order valence-electron chi connectivity index (χ2n) is 4.09. The van der Waals surface area contributed by atoms with E-state index in [0.717, 1.165) is 19.0 Å².